The highest BCUT2D eigenvalue weighted by molar-refractivity contribution is 6.05. The molecule has 0 bridgehead atoms. The number of amides is 2. The van der Waals surface area contributed by atoms with Gasteiger partial charge in [0.15, 0.2) is 0 Å². The Bertz CT molecular complexity index is 1100. The Balaban J connectivity index is 0.00000216. The molecule has 1 saturated heterocycles. The van der Waals surface area contributed by atoms with E-state index in [1.165, 1.54) is 0 Å². The molecule has 35 heavy (non-hydrogen) atoms. The third-order valence-corrected chi connectivity index (χ3v) is 5.60. The van der Waals surface area contributed by atoms with Crippen LogP contribution in [0.1, 0.15) is 34.3 Å². The summed E-state index contributed by atoms with van der Waals surface area (Å²) in [7, 11) is 0. The molecule has 1 aliphatic rings. The van der Waals surface area contributed by atoms with Gasteiger partial charge in [0.25, 0.3) is 5.91 Å². The highest BCUT2D eigenvalue weighted by atomic mass is 35.5. The zero-order chi connectivity index (χ0) is 23.0. The molecule has 1 aliphatic heterocycles. The van der Waals surface area contributed by atoms with Crippen molar-refractivity contribution in [3.63, 3.8) is 0 Å². The minimum absolute atomic E-state index is 0. The van der Waals surface area contributed by atoms with Crippen LogP contribution in [-0.2, 0) is 17.9 Å². The third kappa shape index (κ3) is 7.89. The molecule has 1 atom stereocenters. The summed E-state index contributed by atoms with van der Waals surface area (Å²) in [5.74, 6) is 0.577. The number of halogens is 2. The average Bonchev–Trinajstić information content (AvgIpc) is 3.39. The fourth-order valence-electron chi connectivity index (χ4n) is 3.65. The summed E-state index contributed by atoms with van der Waals surface area (Å²) in [6, 6.07) is 22.0. The van der Waals surface area contributed by atoms with Gasteiger partial charge in [-0.1, -0.05) is 36.4 Å². The van der Waals surface area contributed by atoms with Crippen molar-refractivity contribution in [1.29, 1.82) is 0 Å². The van der Waals surface area contributed by atoms with E-state index >= 15 is 0 Å². The number of carbonyl (C=O) groups is 2. The first kappa shape index (κ1) is 28.0. The maximum absolute atomic E-state index is 12.4. The molecule has 0 saturated carbocycles. The molecular weight excluding hydrogens is 487 g/mol. The number of hydrogen-bond acceptors (Lipinski definition) is 5. The topological polar surface area (TPSA) is 105 Å². The number of nitrogens with one attached hydrogen (secondary N) is 3. The SMILES string of the molecule is Cl.Cl.Nc1ccccc1NC(=O)c1ccc(COc2ccc(CNC(=O)[C@H]3CCCN3)cc2)cc1. The Hall–Kier alpha value is -3.26. The minimum Gasteiger partial charge on any atom is -0.489 e. The number of hydrogen-bond donors (Lipinski definition) is 4. The van der Waals surface area contributed by atoms with Crippen molar-refractivity contribution in [3.8, 4) is 5.75 Å². The van der Waals surface area contributed by atoms with Crippen molar-refractivity contribution in [3.05, 3.63) is 89.5 Å². The summed E-state index contributed by atoms with van der Waals surface area (Å²) in [6.45, 7) is 1.79. The van der Waals surface area contributed by atoms with Gasteiger partial charge in [0, 0.05) is 12.1 Å². The van der Waals surface area contributed by atoms with Gasteiger partial charge in [-0.15, -0.1) is 24.8 Å². The zero-order valence-corrected chi connectivity index (χ0v) is 20.8. The van der Waals surface area contributed by atoms with Gasteiger partial charge < -0.3 is 26.4 Å². The van der Waals surface area contributed by atoms with Gasteiger partial charge in [0.05, 0.1) is 17.4 Å². The monoisotopic (exact) mass is 516 g/mol. The van der Waals surface area contributed by atoms with Gasteiger partial charge in [-0.25, -0.2) is 0 Å². The summed E-state index contributed by atoms with van der Waals surface area (Å²) in [4.78, 5) is 24.5. The molecule has 0 unspecified atom stereocenters. The molecule has 0 aromatic heterocycles. The summed E-state index contributed by atoms with van der Waals surface area (Å²) >= 11 is 0. The van der Waals surface area contributed by atoms with Crippen LogP contribution in [0.15, 0.2) is 72.8 Å². The van der Waals surface area contributed by atoms with E-state index in [0.29, 0.717) is 30.1 Å². The summed E-state index contributed by atoms with van der Waals surface area (Å²) in [5.41, 5.74) is 9.50. The van der Waals surface area contributed by atoms with Crippen LogP contribution in [0.2, 0.25) is 0 Å². The molecule has 1 fully saturated rings. The average molecular weight is 517 g/mol. The van der Waals surface area contributed by atoms with E-state index in [-0.39, 0.29) is 42.7 Å². The quantitative estimate of drug-likeness (QED) is 0.334. The lowest BCUT2D eigenvalue weighted by molar-refractivity contribution is -0.122. The van der Waals surface area contributed by atoms with Gasteiger partial charge in [-0.3, -0.25) is 9.59 Å². The number of ether oxygens (including phenoxy) is 1. The van der Waals surface area contributed by atoms with Crippen molar-refractivity contribution in [2.45, 2.75) is 32.0 Å². The molecule has 3 aromatic carbocycles. The lowest BCUT2D eigenvalue weighted by Gasteiger charge is -2.12. The normalized spacial score (nSPS) is 14.2. The van der Waals surface area contributed by atoms with Crippen LogP contribution in [0, 0.1) is 0 Å². The molecule has 1 heterocycles. The van der Waals surface area contributed by atoms with Crippen molar-refractivity contribution in [2.24, 2.45) is 0 Å². The van der Waals surface area contributed by atoms with Crippen LogP contribution in [-0.4, -0.2) is 24.4 Å². The minimum atomic E-state index is -0.216. The summed E-state index contributed by atoms with van der Waals surface area (Å²) < 4.78 is 5.85. The van der Waals surface area contributed by atoms with E-state index < -0.39 is 0 Å². The predicted molar refractivity (Wildman–Crippen MR) is 143 cm³/mol. The van der Waals surface area contributed by atoms with Crippen LogP contribution in [0.5, 0.6) is 5.75 Å². The second-order valence-electron chi connectivity index (χ2n) is 8.04. The lowest BCUT2D eigenvalue weighted by Crippen LogP contribution is -2.39. The number of carbonyl (C=O) groups excluding carboxylic acids is 2. The molecule has 2 amide bonds. The first-order chi connectivity index (χ1) is 16.1. The molecular formula is C26H30Cl2N4O3. The molecule has 0 aliphatic carbocycles. The Morgan fingerprint density at radius 1 is 0.943 bits per heavy atom. The molecule has 5 N–H and O–H groups in total. The molecule has 9 heteroatoms. The van der Waals surface area contributed by atoms with Crippen molar-refractivity contribution in [2.75, 3.05) is 17.6 Å². The number of anilines is 2. The van der Waals surface area contributed by atoms with Gasteiger partial charge in [-0.2, -0.15) is 0 Å². The van der Waals surface area contributed by atoms with Gasteiger partial charge >= 0.3 is 0 Å². The molecule has 186 valence electrons. The number of para-hydroxylation sites is 2. The summed E-state index contributed by atoms with van der Waals surface area (Å²) in [5, 5.41) is 8.98. The predicted octanol–water partition coefficient (Wildman–Crippen LogP) is 4.31. The first-order valence-corrected chi connectivity index (χ1v) is 11.1. The van der Waals surface area contributed by atoms with E-state index in [1.54, 1.807) is 24.3 Å². The second kappa shape index (κ2) is 13.6. The van der Waals surface area contributed by atoms with E-state index in [4.69, 9.17) is 10.5 Å². The number of benzene rings is 3. The summed E-state index contributed by atoms with van der Waals surface area (Å²) in [6.07, 6.45) is 1.94. The highest BCUT2D eigenvalue weighted by Crippen LogP contribution is 2.19. The molecule has 3 aromatic rings. The largest absolute Gasteiger partial charge is 0.489 e. The number of nitrogens with two attached hydrogens (primary N) is 1. The third-order valence-electron chi connectivity index (χ3n) is 5.60. The van der Waals surface area contributed by atoms with Crippen LogP contribution < -0.4 is 26.4 Å². The Morgan fingerprint density at radius 3 is 2.29 bits per heavy atom. The van der Waals surface area contributed by atoms with Crippen LogP contribution in [0.3, 0.4) is 0 Å². The van der Waals surface area contributed by atoms with E-state index in [2.05, 4.69) is 16.0 Å². The Labute approximate surface area is 217 Å². The van der Waals surface area contributed by atoms with Crippen molar-refractivity contribution >= 4 is 48.0 Å². The second-order valence-corrected chi connectivity index (χ2v) is 8.04. The van der Waals surface area contributed by atoms with Crippen LogP contribution in [0.25, 0.3) is 0 Å². The first-order valence-electron chi connectivity index (χ1n) is 11.1. The molecule has 4 rings (SSSR count). The maximum atomic E-state index is 12.4. The fourth-order valence-corrected chi connectivity index (χ4v) is 3.65. The van der Waals surface area contributed by atoms with E-state index in [1.807, 2.05) is 48.5 Å². The van der Waals surface area contributed by atoms with Gasteiger partial charge in [-0.05, 0) is 66.9 Å². The van der Waals surface area contributed by atoms with Gasteiger partial charge in [0.1, 0.15) is 12.4 Å². The fraction of sp³-hybridized carbons (Fsp3) is 0.231. The van der Waals surface area contributed by atoms with E-state index in [9.17, 15) is 9.59 Å². The standard InChI is InChI=1S/C26H28N4O3.2ClH/c27-22-4-1-2-5-23(22)30-25(31)20-11-7-19(8-12-20)17-33-21-13-9-18(10-14-21)16-29-26(32)24-6-3-15-28-24;;/h1-2,4-5,7-14,24,28H,3,6,15-17,27H2,(H,29,32)(H,30,31);2*1H/t24-;;/m1../s1. The Kier molecular flexibility index (Phi) is 10.9. The Morgan fingerprint density at radius 2 is 1.63 bits per heavy atom. The van der Waals surface area contributed by atoms with E-state index in [0.717, 1.165) is 36.3 Å². The molecule has 7 nitrogen and oxygen atoms in total. The lowest BCUT2D eigenvalue weighted by atomic mass is 10.1. The van der Waals surface area contributed by atoms with Crippen molar-refractivity contribution < 1.29 is 14.3 Å². The van der Waals surface area contributed by atoms with Crippen LogP contribution >= 0.6 is 24.8 Å². The molecule has 0 radical (unpaired) electrons. The number of nitrogen functional groups attached to an aromatic ring is 1. The zero-order valence-electron chi connectivity index (χ0n) is 19.2. The van der Waals surface area contributed by atoms with Crippen LogP contribution in [0.4, 0.5) is 11.4 Å². The van der Waals surface area contributed by atoms with Crippen molar-refractivity contribution in [1.82, 2.24) is 10.6 Å². The smallest absolute Gasteiger partial charge is 0.255 e. The van der Waals surface area contributed by atoms with Gasteiger partial charge in [0.2, 0.25) is 5.91 Å². The number of rotatable bonds is 8. The highest BCUT2D eigenvalue weighted by Gasteiger charge is 2.21. The molecule has 0 spiro atoms. The maximum Gasteiger partial charge on any atom is 0.255 e.